The molecule has 0 bridgehead atoms. The van der Waals surface area contributed by atoms with Crippen LogP contribution in [0.4, 0.5) is 4.79 Å². The van der Waals surface area contributed by atoms with Crippen LogP contribution in [-0.4, -0.2) is 53.5 Å². The van der Waals surface area contributed by atoms with E-state index in [2.05, 4.69) is 18.0 Å². The van der Waals surface area contributed by atoms with Crippen LogP contribution in [0.15, 0.2) is 42.5 Å². The van der Waals surface area contributed by atoms with Gasteiger partial charge in [-0.05, 0) is 35.7 Å². The number of urea groups is 1. The Hall–Kier alpha value is -3.48. The predicted molar refractivity (Wildman–Crippen MR) is 121 cm³/mol. The Balaban J connectivity index is 1.69. The van der Waals surface area contributed by atoms with Crippen LogP contribution >= 0.6 is 0 Å². The van der Waals surface area contributed by atoms with Crippen LogP contribution in [0.2, 0.25) is 0 Å². The Morgan fingerprint density at radius 1 is 1.06 bits per heavy atom. The van der Waals surface area contributed by atoms with E-state index in [1.807, 2.05) is 36.4 Å². The summed E-state index contributed by atoms with van der Waals surface area (Å²) in [5.74, 6) is 1.10. The van der Waals surface area contributed by atoms with Crippen molar-refractivity contribution in [1.82, 2.24) is 14.8 Å². The number of unbranched alkanes of at least 4 members (excludes halogenated alkanes) is 1. The molecule has 0 radical (unpaired) electrons. The highest BCUT2D eigenvalue weighted by Crippen LogP contribution is 2.45. The van der Waals surface area contributed by atoms with Gasteiger partial charge in [-0.3, -0.25) is 14.6 Å². The Bertz CT molecular complexity index is 1200. The van der Waals surface area contributed by atoms with Gasteiger partial charge in [0, 0.05) is 29.6 Å². The quantitative estimate of drug-likeness (QED) is 0.590. The van der Waals surface area contributed by atoms with Gasteiger partial charge in [-0.15, -0.1) is 0 Å². The number of carbonyl (C=O) groups excluding carboxylic acids is 2. The molecular weight excluding hydrogens is 406 g/mol. The number of hydrogen-bond acceptors (Lipinski definition) is 4. The molecule has 166 valence electrons. The minimum absolute atomic E-state index is 0.107. The Morgan fingerprint density at radius 2 is 1.84 bits per heavy atom. The van der Waals surface area contributed by atoms with Gasteiger partial charge in [0.15, 0.2) is 11.5 Å². The Kier molecular flexibility index (Phi) is 5.04. The zero-order valence-corrected chi connectivity index (χ0v) is 18.6. The molecule has 1 saturated heterocycles. The maximum atomic E-state index is 13.5. The number of imide groups is 1. The van der Waals surface area contributed by atoms with E-state index in [1.54, 1.807) is 19.1 Å². The molecule has 0 spiro atoms. The smallest absolute Gasteiger partial charge is 0.328 e. The van der Waals surface area contributed by atoms with Gasteiger partial charge in [-0.25, -0.2) is 4.79 Å². The van der Waals surface area contributed by atoms with Gasteiger partial charge in [0.2, 0.25) is 0 Å². The largest absolute Gasteiger partial charge is 0.493 e. The minimum atomic E-state index is -0.510. The van der Waals surface area contributed by atoms with Crippen molar-refractivity contribution in [3.63, 3.8) is 0 Å². The third-order valence-corrected chi connectivity index (χ3v) is 6.59. The van der Waals surface area contributed by atoms with Gasteiger partial charge in [-0.1, -0.05) is 37.6 Å². The summed E-state index contributed by atoms with van der Waals surface area (Å²) in [5.41, 5.74) is 3.93. The molecule has 1 N–H and O–H groups in total. The summed E-state index contributed by atoms with van der Waals surface area (Å²) in [5, 5.41) is 1.10. The van der Waals surface area contributed by atoms with E-state index in [0.717, 1.165) is 40.6 Å². The molecule has 3 aromatic rings. The lowest BCUT2D eigenvalue weighted by molar-refractivity contribution is -0.128. The maximum absolute atomic E-state index is 13.5. The number of rotatable bonds is 6. The number of carbonyl (C=O) groups is 2. The second-order valence-electron chi connectivity index (χ2n) is 8.33. The lowest BCUT2D eigenvalue weighted by Crippen LogP contribution is -2.44. The van der Waals surface area contributed by atoms with Crippen molar-refractivity contribution in [3.05, 3.63) is 59.3 Å². The minimum Gasteiger partial charge on any atom is -0.493 e. The number of benzene rings is 2. The summed E-state index contributed by atoms with van der Waals surface area (Å²) in [6.45, 7) is 2.51. The number of fused-ring (bicyclic) bond motifs is 4. The fraction of sp³-hybridized carbons (Fsp3) is 0.360. The molecule has 7 heteroatoms. The number of aromatic amines is 1. The molecule has 2 aliphatic heterocycles. The van der Waals surface area contributed by atoms with E-state index in [-0.39, 0.29) is 11.9 Å². The first-order chi connectivity index (χ1) is 15.6. The number of ether oxygens (including phenoxy) is 2. The lowest BCUT2D eigenvalue weighted by Gasteiger charge is -2.36. The van der Waals surface area contributed by atoms with Crippen LogP contribution < -0.4 is 9.47 Å². The number of para-hydroxylation sites is 1. The van der Waals surface area contributed by atoms with Gasteiger partial charge >= 0.3 is 6.03 Å². The Morgan fingerprint density at radius 3 is 2.59 bits per heavy atom. The number of nitrogens with one attached hydrogen (secondary N) is 1. The van der Waals surface area contributed by atoms with E-state index in [9.17, 15) is 9.59 Å². The molecule has 3 amide bonds. The third-order valence-electron chi connectivity index (χ3n) is 6.59. The summed E-state index contributed by atoms with van der Waals surface area (Å²) in [6, 6.07) is 12.6. The SMILES string of the molecule is CCCCN1C(=O)[C@@H]2Cc3c([nH]c4ccccc34)[C@H](c3ccc(OC)c(OC)c3)N2C1=O. The number of methoxy groups -OCH3 is 2. The molecule has 7 nitrogen and oxygen atoms in total. The van der Waals surface area contributed by atoms with Crippen molar-refractivity contribution in [2.24, 2.45) is 0 Å². The van der Waals surface area contributed by atoms with Crippen LogP contribution in [0.3, 0.4) is 0 Å². The van der Waals surface area contributed by atoms with Crippen LogP contribution in [0.5, 0.6) is 11.5 Å². The monoisotopic (exact) mass is 433 g/mol. The highest BCUT2D eigenvalue weighted by molar-refractivity contribution is 6.05. The van der Waals surface area contributed by atoms with Gasteiger partial charge in [0.25, 0.3) is 5.91 Å². The molecule has 2 aliphatic rings. The molecule has 0 saturated carbocycles. The van der Waals surface area contributed by atoms with Crippen LogP contribution in [-0.2, 0) is 11.2 Å². The molecule has 1 fully saturated rings. The van der Waals surface area contributed by atoms with Crippen molar-refractivity contribution in [2.45, 2.75) is 38.3 Å². The van der Waals surface area contributed by atoms with Crippen molar-refractivity contribution < 1.29 is 19.1 Å². The molecule has 0 aliphatic carbocycles. The number of aromatic nitrogens is 1. The number of nitrogens with zero attached hydrogens (tertiary/aromatic N) is 2. The second kappa shape index (κ2) is 7.89. The first-order valence-electron chi connectivity index (χ1n) is 11.0. The van der Waals surface area contributed by atoms with E-state index in [4.69, 9.17) is 9.47 Å². The fourth-order valence-corrected chi connectivity index (χ4v) is 5.02. The van der Waals surface area contributed by atoms with Gasteiger partial charge in [-0.2, -0.15) is 0 Å². The molecule has 0 unspecified atom stereocenters. The summed E-state index contributed by atoms with van der Waals surface area (Å²) < 4.78 is 10.9. The summed E-state index contributed by atoms with van der Waals surface area (Å²) >= 11 is 0. The van der Waals surface area contributed by atoms with E-state index in [1.165, 1.54) is 4.90 Å². The van der Waals surface area contributed by atoms with Gasteiger partial charge in [0.05, 0.1) is 14.2 Å². The Labute approximate surface area is 186 Å². The van der Waals surface area contributed by atoms with E-state index in [0.29, 0.717) is 24.5 Å². The molecule has 2 aromatic carbocycles. The fourth-order valence-electron chi connectivity index (χ4n) is 5.02. The highest BCUT2D eigenvalue weighted by Gasteiger charge is 2.52. The summed E-state index contributed by atoms with van der Waals surface area (Å²) in [7, 11) is 3.19. The third kappa shape index (κ3) is 2.95. The molecule has 1 aromatic heterocycles. The lowest BCUT2D eigenvalue weighted by atomic mass is 9.88. The van der Waals surface area contributed by atoms with E-state index >= 15 is 0 Å². The topological polar surface area (TPSA) is 74.9 Å². The first-order valence-corrected chi connectivity index (χ1v) is 11.0. The molecule has 5 rings (SSSR count). The zero-order chi connectivity index (χ0) is 22.4. The summed E-state index contributed by atoms with van der Waals surface area (Å²) in [4.78, 5) is 33.6. The zero-order valence-electron chi connectivity index (χ0n) is 18.6. The van der Waals surface area contributed by atoms with Crippen LogP contribution in [0.1, 0.15) is 42.6 Å². The molecule has 3 heterocycles. The number of hydrogen-bond donors (Lipinski definition) is 1. The molecule has 2 atom stereocenters. The first kappa shape index (κ1) is 20.4. The average Bonchev–Trinajstić information content (AvgIpc) is 3.31. The highest BCUT2D eigenvalue weighted by atomic mass is 16.5. The standard InChI is InChI=1S/C25H27N3O4/c1-4-5-12-27-24(29)19-14-17-16-8-6-7-9-18(16)26-22(17)23(28(19)25(27)30)15-10-11-20(31-2)21(13-15)32-3/h6-11,13,19,23,26H,4-5,12,14H2,1-3H3/t19-,23-/m0/s1. The molecule has 32 heavy (non-hydrogen) atoms. The van der Waals surface area contributed by atoms with Gasteiger partial charge in [0.1, 0.15) is 12.1 Å². The number of H-pyrrole nitrogens is 1. The van der Waals surface area contributed by atoms with Crippen LogP contribution in [0.25, 0.3) is 10.9 Å². The predicted octanol–water partition coefficient (Wildman–Crippen LogP) is 4.26. The second-order valence-corrected chi connectivity index (χ2v) is 8.33. The van der Waals surface area contributed by atoms with Crippen molar-refractivity contribution in [1.29, 1.82) is 0 Å². The van der Waals surface area contributed by atoms with Crippen LogP contribution in [0, 0.1) is 0 Å². The summed E-state index contributed by atoms with van der Waals surface area (Å²) in [6.07, 6.45) is 2.23. The molecular formula is C25H27N3O4. The van der Waals surface area contributed by atoms with Gasteiger partial charge < -0.3 is 14.5 Å². The van der Waals surface area contributed by atoms with Crippen molar-refractivity contribution >= 4 is 22.8 Å². The normalized spacial score (nSPS) is 20.0. The van der Waals surface area contributed by atoms with E-state index < -0.39 is 12.1 Å². The maximum Gasteiger partial charge on any atom is 0.328 e. The van der Waals surface area contributed by atoms with Crippen molar-refractivity contribution in [2.75, 3.05) is 20.8 Å². The van der Waals surface area contributed by atoms with Crippen molar-refractivity contribution in [3.8, 4) is 11.5 Å². The average molecular weight is 434 g/mol. The number of amides is 3.